The van der Waals surface area contributed by atoms with Gasteiger partial charge in [0.25, 0.3) is 0 Å². The Kier molecular flexibility index (Phi) is 2.65. The maximum atomic E-state index is 11.3. The Morgan fingerprint density at radius 2 is 2.12 bits per heavy atom. The van der Waals surface area contributed by atoms with Crippen LogP contribution in [0.25, 0.3) is 0 Å². The van der Waals surface area contributed by atoms with E-state index in [4.69, 9.17) is 10.8 Å². The van der Waals surface area contributed by atoms with Crippen molar-refractivity contribution < 1.29 is 14.7 Å². The lowest BCUT2D eigenvalue weighted by Crippen LogP contribution is -2.43. The van der Waals surface area contributed by atoms with Crippen LogP contribution in [0.4, 0.5) is 0 Å². The molecule has 1 aromatic rings. The molecule has 4 heteroatoms. The largest absolute Gasteiger partial charge is 0.480 e. The Balaban J connectivity index is 2.19. The molecule has 0 radical (unpaired) electrons. The normalized spacial score (nSPS) is 20.9. The minimum absolute atomic E-state index is 0.125. The summed E-state index contributed by atoms with van der Waals surface area (Å²) in [4.78, 5) is 22.4. The Labute approximate surface area is 99.4 Å². The monoisotopic (exact) mass is 233 g/mol. The summed E-state index contributed by atoms with van der Waals surface area (Å²) >= 11 is 0. The van der Waals surface area contributed by atoms with Crippen molar-refractivity contribution in [2.24, 2.45) is 11.1 Å². The third-order valence-corrected chi connectivity index (χ3v) is 3.63. The highest BCUT2D eigenvalue weighted by molar-refractivity contribution is 6.00. The summed E-state index contributed by atoms with van der Waals surface area (Å²) in [6.45, 7) is 1.40. The number of amides is 1. The number of nitrogens with two attached hydrogens (primary N) is 1. The SMILES string of the molecule is CC(CC1Cc2ccccc21)(C(N)=O)C(=O)O. The van der Waals surface area contributed by atoms with Crippen LogP contribution in [0, 0.1) is 5.41 Å². The van der Waals surface area contributed by atoms with Crippen LogP contribution in [0.1, 0.15) is 30.4 Å². The molecule has 4 nitrogen and oxygen atoms in total. The van der Waals surface area contributed by atoms with Gasteiger partial charge in [-0.3, -0.25) is 9.59 Å². The molecule has 0 spiro atoms. The van der Waals surface area contributed by atoms with Gasteiger partial charge in [0.1, 0.15) is 5.41 Å². The second-order valence-corrected chi connectivity index (χ2v) is 4.81. The molecule has 1 aliphatic carbocycles. The summed E-state index contributed by atoms with van der Waals surface area (Å²) in [6.07, 6.45) is 1.10. The fourth-order valence-electron chi connectivity index (χ4n) is 2.33. The molecule has 0 aromatic heterocycles. The van der Waals surface area contributed by atoms with E-state index in [1.807, 2.05) is 24.3 Å². The number of rotatable bonds is 4. The Hall–Kier alpha value is -1.84. The van der Waals surface area contributed by atoms with Gasteiger partial charge in [0.15, 0.2) is 0 Å². The molecule has 0 saturated heterocycles. The number of hydrogen-bond donors (Lipinski definition) is 2. The lowest BCUT2D eigenvalue weighted by Gasteiger charge is -2.34. The summed E-state index contributed by atoms with van der Waals surface area (Å²) in [6, 6.07) is 7.88. The maximum Gasteiger partial charge on any atom is 0.318 e. The first kappa shape index (κ1) is 11.6. The highest BCUT2D eigenvalue weighted by Crippen LogP contribution is 2.42. The molecule has 17 heavy (non-hydrogen) atoms. The predicted molar refractivity (Wildman–Crippen MR) is 62.4 cm³/mol. The van der Waals surface area contributed by atoms with Crippen LogP contribution in [0.15, 0.2) is 24.3 Å². The van der Waals surface area contributed by atoms with Crippen molar-refractivity contribution in [3.63, 3.8) is 0 Å². The molecular formula is C13H15NO3. The zero-order valence-electron chi connectivity index (χ0n) is 9.64. The van der Waals surface area contributed by atoms with E-state index in [2.05, 4.69) is 0 Å². The maximum absolute atomic E-state index is 11.3. The summed E-state index contributed by atoms with van der Waals surface area (Å²) in [5, 5.41) is 9.12. The average molecular weight is 233 g/mol. The van der Waals surface area contributed by atoms with E-state index < -0.39 is 17.3 Å². The van der Waals surface area contributed by atoms with Crippen LogP contribution >= 0.6 is 0 Å². The first-order valence-electron chi connectivity index (χ1n) is 5.56. The predicted octanol–water partition coefficient (Wildman–Crippen LogP) is 1.29. The van der Waals surface area contributed by atoms with E-state index >= 15 is 0 Å². The van der Waals surface area contributed by atoms with Gasteiger partial charge < -0.3 is 10.8 Å². The number of benzene rings is 1. The van der Waals surface area contributed by atoms with Crippen LogP contribution in [-0.2, 0) is 16.0 Å². The van der Waals surface area contributed by atoms with Crippen molar-refractivity contribution >= 4 is 11.9 Å². The first-order chi connectivity index (χ1) is 7.95. The van der Waals surface area contributed by atoms with Crippen molar-refractivity contribution in [2.75, 3.05) is 0 Å². The van der Waals surface area contributed by atoms with Gasteiger partial charge in [-0.15, -0.1) is 0 Å². The van der Waals surface area contributed by atoms with Crippen molar-refractivity contribution in [2.45, 2.75) is 25.7 Å². The molecule has 1 amide bonds. The summed E-state index contributed by atoms with van der Waals surface area (Å²) < 4.78 is 0. The number of hydrogen-bond acceptors (Lipinski definition) is 2. The zero-order chi connectivity index (χ0) is 12.6. The summed E-state index contributed by atoms with van der Waals surface area (Å²) in [5.74, 6) is -1.79. The van der Waals surface area contributed by atoms with Crippen molar-refractivity contribution in [3.8, 4) is 0 Å². The van der Waals surface area contributed by atoms with Gasteiger partial charge in [0.05, 0.1) is 0 Å². The smallest absolute Gasteiger partial charge is 0.318 e. The third-order valence-electron chi connectivity index (χ3n) is 3.63. The molecule has 2 atom stereocenters. The van der Waals surface area contributed by atoms with E-state index in [9.17, 15) is 9.59 Å². The summed E-state index contributed by atoms with van der Waals surface area (Å²) in [7, 11) is 0. The summed E-state index contributed by atoms with van der Waals surface area (Å²) in [5.41, 5.74) is 6.10. The third kappa shape index (κ3) is 1.79. The molecule has 1 aliphatic rings. The van der Waals surface area contributed by atoms with Gasteiger partial charge in [-0.1, -0.05) is 24.3 Å². The lowest BCUT2D eigenvalue weighted by atomic mass is 9.68. The molecule has 90 valence electrons. The second-order valence-electron chi connectivity index (χ2n) is 4.81. The zero-order valence-corrected chi connectivity index (χ0v) is 9.64. The van der Waals surface area contributed by atoms with Crippen molar-refractivity contribution in [3.05, 3.63) is 35.4 Å². The Morgan fingerprint density at radius 1 is 1.47 bits per heavy atom. The van der Waals surface area contributed by atoms with Gasteiger partial charge in [-0.25, -0.2) is 0 Å². The van der Waals surface area contributed by atoms with Crippen LogP contribution in [0.5, 0.6) is 0 Å². The number of fused-ring (bicyclic) bond motifs is 1. The highest BCUT2D eigenvalue weighted by atomic mass is 16.4. The van der Waals surface area contributed by atoms with Crippen LogP contribution < -0.4 is 5.73 Å². The molecule has 0 bridgehead atoms. The highest BCUT2D eigenvalue weighted by Gasteiger charge is 2.44. The molecule has 2 rings (SSSR count). The molecule has 2 unspecified atom stereocenters. The van der Waals surface area contributed by atoms with Crippen molar-refractivity contribution in [1.82, 2.24) is 0 Å². The first-order valence-corrected chi connectivity index (χ1v) is 5.56. The topological polar surface area (TPSA) is 80.4 Å². The van der Waals surface area contributed by atoms with Crippen LogP contribution in [0.3, 0.4) is 0 Å². The molecule has 3 N–H and O–H groups in total. The molecular weight excluding hydrogens is 218 g/mol. The van der Waals surface area contributed by atoms with E-state index in [0.29, 0.717) is 0 Å². The Bertz CT molecular complexity index is 467. The van der Waals surface area contributed by atoms with E-state index in [1.54, 1.807) is 0 Å². The standard InChI is InChI=1S/C13H15NO3/c1-13(11(14)15,12(16)17)7-9-6-8-4-2-3-5-10(8)9/h2-5,9H,6-7H2,1H3,(H2,14,15)(H,16,17). The molecule has 1 aromatic carbocycles. The molecule has 0 aliphatic heterocycles. The van der Waals surface area contributed by atoms with E-state index in [1.165, 1.54) is 12.5 Å². The second kappa shape index (κ2) is 3.87. The number of aliphatic carboxylic acids is 1. The Morgan fingerprint density at radius 3 is 2.65 bits per heavy atom. The van der Waals surface area contributed by atoms with Gasteiger partial charge in [0.2, 0.25) is 5.91 Å². The van der Waals surface area contributed by atoms with Gasteiger partial charge >= 0.3 is 5.97 Å². The number of primary amides is 1. The van der Waals surface area contributed by atoms with Crippen LogP contribution in [-0.4, -0.2) is 17.0 Å². The fraction of sp³-hybridized carbons (Fsp3) is 0.385. The van der Waals surface area contributed by atoms with E-state index in [0.717, 1.165) is 12.0 Å². The van der Waals surface area contributed by atoms with Crippen LogP contribution in [0.2, 0.25) is 0 Å². The quantitative estimate of drug-likeness (QED) is 0.769. The molecule has 0 heterocycles. The molecule has 0 fully saturated rings. The minimum Gasteiger partial charge on any atom is -0.480 e. The van der Waals surface area contributed by atoms with Gasteiger partial charge in [0, 0.05) is 0 Å². The number of carboxylic acids is 1. The fourth-order valence-corrected chi connectivity index (χ4v) is 2.33. The lowest BCUT2D eigenvalue weighted by molar-refractivity contribution is -0.154. The average Bonchev–Trinajstić information content (AvgIpc) is 2.25. The number of carboxylic acid groups (broad SMARTS) is 1. The number of carbonyl (C=O) groups excluding carboxylic acids is 1. The van der Waals surface area contributed by atoms with Gasteiger partial charge in [-0.05, 0) is 36.8 Å². The number of carbonyl (C=O) groups is 2. The van der Waals surface area contributed by atoms with Gasteiger partial charge in [-0.2, -0.15) is 0 Å². The van der Waals surface area contributed by atoms with E-state index in [-0.39, 0.29) is 12.3 Å². The molecule has 0 saturated carbocycles. The van der Waals surface area contributed by atoms with Crippen molar-refractivity contribution in [1.29, 1.82) is 0 Å². The minimum atomic E-state index is -1.47.